The number of carbonyl (C=O) groups excluding carboxylic acids is 1. The van der Waals surface area contributed by atoms with Gasteiger partial charge in [0.05, 0.1) is 0 Å². The number of thiophene rings is 1. The Morgan fingerprint density at radius 1 is 0.944 bits per heavy atom. The van der Waals surface area contributed by atoms with Gasteiger partial charge in [-0.2, -0.15) is 0 Å². The van der Waals surface area contributed by atoms with Gasteiger partial charge in [-0.1, -0.05) is 24.3 Å². The third-order valence-corrected chi connectivity index (χ3v) is 4.66. The van der Waals surface area contributed by atoms with Crippen molar-refractivity contribution in [3.63, 3.8) is 0 Å². The van der Waals surface area contributed by atoms with Crippen molar-refractivity contribution in [2.24, 2.45) is 0 Å². The fraction of sp³-hybridized carbons (Fsp3) is 0.0625. The Balaban J connectivity index is 2.38. The van der Waals surface area contributed by atoms with E-state index in [1.54, 1.807) is 18.3 Å². The number of hydrogen-bond donors (Lipinski definition) is 0. The number of ketones is 1. The molecule has 0 saturated carbocycles. The lowest BCUT2D eigenvalue weighted by atomic mass is 9.97. The summed E-state index contributed by atoms with van der Waals surface area (Å²) in [5.74, 6) is 0.135. The lowest BCUT2D eigenvalue weighted by Gasteiger charge is -2.05. The Bertz CT molecular complexity index is 901. The SMILES string of the molecule is CC(=O)c1ccc2sc3cccc4ccc1c2c43. The molecule has 0 spiro atoms. The summed E-state index contributed by atoms with van der Waals surface area (Å²) >= 11 is 1.80. The molecule has 4 rings (SSSR count). The Kier molecular flexibility index (Phi) is 1.84. The third-order valence-electron chi connectivity index (χ3n) is 3.54. The van der Waals surface area contributed by atoms with Crippen LogP contribution in [0.3, 0.4) is 0 Å². The van der Waals surface area contributed by atoms with Crippen molar-refractivity contribution >= 4 is 48.1 Å². The minimum absolute atomic E-state index is 0.135. The number of rotatable bonds is 1. The Labute approximate surface area is 108 Å². The van der Waals surface area contributed by atoms with E-state index < -0.39 is 0 Å². The molecule has 0 aliphatic carbocycles. The first kappa shape index (κ1) is 10.0. The van der Waals surface area contributed by atoms with Crippen LogP contribution in [0.25, 0.3) is 30.9 Å². The molecule has 1 heterocycles. The quantitative estimate of drug-likeness (QED) is 0.348. The summed E-state index contributed by atoms with van der Waals surface area (Å²) in [5.41, 5.74) is 0.827. The van der Waals surface area contributed by atoms with E-state index in [1.807, 2.05) is 6.07 Å². The molecule has 86 valence electrons. The fourth-order valence-electron chi connectivity index (χ4n) is 2.75. The van der Waals surface area contributed by atoms with E-state index in [9.17, 15) is 4.79 Å². The topological polar surface area (TPSA) is 17.1 Å². The largest absolute Gasteiger partial charge is 0.294 e. The smallest absolute Gasteiger partial charge is 0.160 e. The first-order valence-electron chi connectivity index (χ1n) is 5.93. The second kappa shape index (κ2) is 3.30. The first-order valence-corrected chi connectivity index (χ1v) is 6.74. The van der Waals surface area contributed by atoms with Gasteiger partial charge in [0, 0.05) is 25.7 Å². The molecule has 0 radical (unpaired) electrons. The van der Waals surface area contributed by atoms with Crippen LogP contribution in [0, 0.1) is 0 Å². The maximum absolute atomic E-state index is 11.7. The summed E-state index contributed by atoms with van der Waals surface area (Å²) < 4.78 is 2.57. The average molecular weight is 250 g/mol. The molecule has 0 unspecified atom stereocenters. The maximum Gasteiger partial charge on any atom is 0.160 e. The van der Waals surface area contributed by atoms with Crippen LogP contribution < -0.4 is 0 Å². The highest BCUT2D eigenvalue weighted by Crippen LogP contribution is 2.41. The molecule has 1 aromatic heterocycles. The van der Waals surface area contributed by atoms with Crippen molar-refractivity contribution in [2.45, 2.75) is 6.92 Å². The molecular weight excluding hydrogens is 240 g/mol. The van der Waals surface area contributed by atoms with Crippen LogP contribution in [0.15, 0.2) is 42.5 Å². The van der Waals surface area contributed by atoms with E-state index in [0.29, 0.717) is 0 Å². The van der Waals surface area contributed by atoms with Crippen molar-refractivity contribution < 1.29 is 4.79 Å². The van der Waals surface area contributed by atoms with Gasteiger partial charge < -0.3 is 0 Å². The van der Waals surface area contributed by atoms with Gasteiger partial charge in [0.2, 0.25) is 0 Å². The van der Waals surface area contributed by atoms with Crippen LogP contribution >= 0.6 is 11.3 Å². The summed E-state index contributed by atoms with van der Waals surface area (Å²) in [5, 5.41) is 4.90. The molecule has 0 N–H and O–H groups in total. The van der Waals surface area contributed by atoms with Crippen LogP contribution in [-0.2, 0) is 0 Å². The standard InChI is InChI=1S/C16H10OS/c1-9(17)11-7-8-14-16-12(11)6-5-10-3-2-4-13(18-14)15(10)16/h2-8H,1H3. The summed E-state index contributed by atoms with van der Waals surface area (Å²) in [4.78, 5) is 11.7. The third kappa shape index (κ3) is 1.13. The van der Waals surface area contributed by atoms with Crippen LogP contribution in [-0.4, -0.2) is 5.78 Å². The minimum Gasteiger partial charge on any atom is -0.294 e. The van der Waals surface area contributed by atoms with Crippen LogP contribution in [0.4, 0.5) is 0 Å². The van der Waals surface area contributed by atoms with Gasteiger partial charge in [-0.3, -0.25) is 4.79 Å². The first-order chi connectivity index (χ1) is 8.75. The molecule has 0 aliphatic rings. The van der Waals surface area contributed by atoms with Gasteiger partial charge in [-0.05, 0) is 35.9 Å². The highest BCUT2D eigenvalue weighted by atomic mass is 32.1. The number of carbonyl (C=O) groups is 1. The van der Waals surface area contributed by atoms with E-state index in [0.717, 1.165) is 10.9 Å². The molecule has 3 aromatic carbocycles. The minimum atomic E-state index is 0.135. The second-order valence-electron chi connectivity index (χ2n) is 4.61. The van der Waals surface area contributed by atoms with Gasteiger partial charge in [0.25, 0.3) is 0 Å². The van der Waals surface area contributed by atoms with Crippen molar-refractivity contribution in [3.05, 3.63) is 48.0 Å². The lowest BCUT2D eigenvalue weighted by Crippen LogP contribution is -1.93. The predicted molar refractivity (Wildman–Crippen MR) is 78.0 cm³/mol. The molecule has 2 heteroatoms. The molecule has 1 nitrogen and oxygen atoms in total. The fourth-order valence-corrected chi connectivity index (χ4v) is 3.91. The molecule has 0 bridgehead atoms. The summed E-state index contributed by atoms with van der Waals surface area (Å²) in [7, 11) is 0. The molecule has 0 aliphatic heterocycles. The van der Waals surface area contributed by atoms with E-state index in [1.165, 1.54) is 25.6 Å². The Morgan fingerprint density at radius 3 is 2.61 bits per heavy atom. The van der Waals surface area contributed by atoms with E-state index in [-0.39, 0.29) is 5.78 Å². The van der Waals surface area contributed by atoms with Gasteiger partial charge in [0.15, 0.2) is 5.78 Å². The molecule has 18 heavy (non-hydrogen) atoms. The van der Waals surface area contributed by atoms with Gasteiger partial charge >= 0.3 is 0 Å². The highest BCUT2D eigenvalue weighted by molar-refractivity contribution is 7.26. The number of Topliss-reactive ketones (excluding diaryl/α,β-unsaturated/α-hetero) is 1. The zero-order chi connectivity index (χ0) is 12.3. The summed E-state index contributed by atoms with van der Waals surface area (Å²) in [6.07, 6.45) is 0. The van der Waals surface area contributed by atoms with Crippen molar-refractivity contribution in [1.82, 2.24) is 0 Å². The number of hydrogen-bond acceptors (Lipinski definition) is 2. The van der Waals surface area contributed by atoms with Crippen LogP contribution in [0.1, 0.15) is 17.3 Å². The molecule has 4 aromatic rings. The zero-order valence-corrected chi connectivity index (χ0v) is 10.7. The number of benzene rings is 3. The van der Waals surface area contributed by atoms with E-state index in [2.05, 4.69) is 36.4 Å². The maximum atomic E-state index is 11.7. The lowest BCUT2D eigenvalue weighted by molar-refractivity contribution is 0.101. The normalized spacial score (nSPS) is 11.8. The molecule has 0 amide bonds. The van der Waals surface area contributed by atoms with Gasteiger partial charge in [0.1, 0.15) is 0 Å². The summed E-state index contributed by atoms with van der Waals surface area (Å²) in [6, 6.07) is 14.6. The Morgan fingerprint density at radius 2 is 1.78 bits per heavy atom. The van der Waals surface area contributed by atoms with Crippen molar-refractivity contribution in [3.8, 4) is 0 Å². The van der Waals surface area contributed by atoms with Gasteiger partial charge in [-0.15, -0.1) is 11.3 Å². The van der Waals surface area contributed by atoms with E-state index in [4.69, 9.17) is 0 Å². The second-order valence-corrected chi connectivity index (χ2v) is 5.70. The molecule has 0 fully saturated rings. The average Bonchev–Trinajstić information content (AvgIpc) is 2.75. The molecule has 0 atom stereocenters. The predicted octanol–water partition coefficient (Wildman–Crippen LogP) is 4.85. The van der Waals surface area contributed by atoms with Crippen LogP contribution in [0.2, 0.25) is 0 Å². The highest BCUT2D eigenvalue weighted by Gasteiger charge is 2.14. The van der Waals surface area contributed by atoms with E-state index >= 15 is 0 Å². The van der Waals surface area contributed by atoms with Crippen molar-refractivity contribution in [1.29, 1.82) is 0 Å². The Hall–Kier alpha value is -1.93. The molecular formula is C16H10OS. The van der Waals surface area contributed by atoms with Gasteiger partial charge in [-0.25, -0.2) is 0 Å². The van der Waals surface area contributed by atoms with Crippen LogP contribution in [0.5, 0.6) is 0 Å². The monoisotopic (exact) mass is 250 g/mol. The zero-order valence-electron chi connectivity index (χ0n) is 9.86. The van der Waals surface area contributed by atoms with Crippen molar-refractivity contribution in [2.75, 3.05) is 0 Å². The molecule has 0 saturated heterocycles. The summed E-state index contributed by atoms with van der Waals surface area (Å²) in [6.45, 7) is 1.63.